The summed E-state index contributed by atoms with van der Waals surface area (Å²) in [6, 6.07) is 0.252. The van der Waals surface area contributed by atoms with Crippen molar-refractivity contribution in [3.8, 4) is 0 Å². The smallest absolute Gasteiger partial charge is 0.0326 e. The number of rotatable bonds is 14. The molecular weight excluding hydrogens is 302 g/mol. The Morgan fingerprint density at radius 1 is 0.800 bits per heavy atom. The normalized spacial score (nSPS) is 20.5. The largest absolute Gasteiger partial charge is 0.324 e. The van der Waals surface area contributed by atoms with Gasteiger partial charge in [-0.3, -0.25) is 0 Å². The topological polar surface area (TPSA) is 26.0 Å². The zero-order valence-electron chi connectivity index (χ0n) is 17.6. The summed E-state index contributed by atoms with van der Waals surface area (Å²) in [5, 5.41) is 0. The van der Waals surface area contributed by atoms with Crippen LogP contribution in [-0.2, 0) is 0 Å². The first kappa shape index (κ1) is 22.5. The summed E-state index contributed by atoms with van der Waals surface area (Å²) in [5.74, 6) is 2.04. The number of nitrogens with two attached hydrogens (primary N) is 1. The van der Waals surface area contributed by atoms with Gasteiger partial charge in [0.15, 0.2) is 0 Å². The van der Waals surface area contributed by atoms with Crippen LogP contribution >= 0.6 is 0 Å². The van der Waals surface area contributed by atoms with E-state index >= 15 is 0 Å². The van der Waals surface area contributed by atoms with Crippen LogP contribution in [-0.4, -0.2) is 6.04 Å². The highest BCUT2D eigenvalue weighted by atomic mass is 14.7. The monoisotopic (exact) mass is 347 g/mol. The highest BCUT2D eigenvalue weighted by Gasteiger charge is 2.31. The van der Waals surface area contributed by atoms with Crippen molar-refractivity contribution in [1.29, 1.82) is 0 Å². The van der Waals surface area contributed by atoms with E-state index in [-0.39, 0.29) is 6.04 Å². The molecule has 1 heteroatoms. The van der Waals surface area contributed by atoms with Gasteiger partial charge in [0.2, 0.25) is 0 Å². The molecule has 0 heterocycles. The molecule has 2 N–H and O–H groups in total. The summed E-state index contributed by atoms with van der Waals surface area (Å²) in [4.78, 5) is 0. The molecule has 2 atom stereocenters. The summed E-state index contributed by atoms with van der Waals surface area (Å²) < 4.78 is 0. The van der Waals surface area contributed by atoms with Crippen LogP contribution < -0.4 is 5.73 Å². The van der Waals surface area contributed by atoms with E-state index in [1.807, 2.05) is 0 Å². The van der Waals surface area contributed by atoms with Crippen LogP contribution in [0.4, 0.5) is 0 Å². The van der Waals surface area contributed by atoms with Crippen LogP contribution in [0, 0.1) is 17.8 Å². The average Bonchev–Trinajstić information content (AvgIpc) is 2.63. The van der Waals surface area contributed by atoms with Crippen molar-refractivity contribution >= 4 is 0 Å². The Labute approximate surface area is 158 Å². The Morgan fingerprint density at radius 3 is 1.76 bits per heavy atom. The van der Waals surface area contributed by atoms with Crippen LogP contribution in [0.1, 0.15) is 105 Å². The molecule has 1 aliphatic carbocycles. The quantitative estimate of drug-likeness (QED) is 0.347. The van der Waals surface area contributed by atoms with Gasteiger partial charge in [0.25, 0.3) is 0 Å². The lowest BCUT2D eigenvalue weighted by molar-refractivity contribution is 0.288. The SMILES string of the molecule is CCCCC(CCCC)C1=CC=CC(C(CCCC)CCCC)C1N. The molecular formula is C24H45N. The van der Waals surface area contributed by atoms with Crippen molar-refractivity contribution in [1.82, 2.24) is 0 Å². The minimum absolute atomic E-state index is 0.252. The molecule has 0 aromatic rings. The summed E-state index contributed by atoms with van der Waals surface area (Å²) in [7, 11) is 0. The molecule has 0 saturated carbocycles. The Hall–Kier alpha value is -0.560. The van der Waals surface area contributed by atoms with E-state index in [4.69, 9.17) is 5.73 Å². The van der Waals surface area contributed by atoms with E-state index in [1.54, 1.807) is 5.57 Å². The molecule has 0 saturated heterocycles. The summed E-state index contributed by atoms with van der Waals surface area (Å²) in [6.45, 7) is 9.23. The molecule has 2 unspecified atom stereocenters. The van der Waals surface area contributed by atoms with Gasteiger partial charge in [0.1, 0.15) is 0 Å². The third-order valence-electron chi connectivity index (χ3n) is 6.11. The third kappa shape index (κ3) is 7.69. The molecule has 0 radical (unpaired) electrons. The molecule has 0 aromatic heterocycles. The van der Waals surface area contributed by atoms with E-state index in [9.17, 15) is 0 Å². The summed E-state index contributed by atoms with van der Waals surface area (Å²) in [6.07, 6.45) is 23.0. The zero-order valence-corrected chi connectivity index (χ0v) is 17.6. The first-order chi connectivity index (χ1) is 12.2. The molecule has 0 aromatic carbocycles. The fourth-order valence-electron chi connectivity index (χ4n) is 4.45. The summed E-state index contributed by atoms with van der Waals surface area (Å²) in [5.41, 5.74) is 8.45. The van der Waals surface area contributed by atoms with Crippen LogP contribution in [0.3, 0.4) is 0 Å². The van der Waals surface area contributed by atoms with Crippen molar-refractivity contribution < 1.29 is 0 Å². The van der Waals surface area contributed by atoms with Gasteiger partial charge in [-0.1, -0.05) is 97.3 Å². The Kier molecular flexibility index (Phi) is 12.2. The van der Waals surface area contributed by atoms with Crippen LogP contribution in [0.15, 0.2) is 23.8 Å². The number of allylic oxidation sites excluding steroid dienone is 2. The molecule has 1 rings (SSSR count). The minimum atomic E-state index is 0.252. The molecule has 0 spiro atoms. The molecule has 1 nitrogen and oxygen atoms in total. The lowest BCUT2D eigenvalue weighted by atomic mass is 9.71. The van der Waals surface area contributed by atoms with E-state index in [0.717, 1.165) is 5.92 Å². The molecule has 0 aliphatic heterocycles. The number of unbranched alkanes of at least 4 members (excludes halogenated alkanes) is 4. The Bertz CT molecular complexity index is 366. The second-order valence-corrected chi connectivity index (χ2v) is 8.18. The molecule has 0 fully saturated rings. The van der Waals surface area contributed by atoms with Gasteiger partial charge in [-0.2, -0.15) is 0 Å². The van der Waals surface area contributed by atoms with Gasteiger partial charge in [-0.05, 0) is 49.0 Å². The number of hydrogen-bond donors (Lipinski definition) is 1. The van der Waals surface area contributed by atoms with Gasteiger partial charge in [0.05, 0.1) is 0 Å². The van der Waals surface area contributed by atoms with Crippen molar-refractivity contribution in [3.05, 3.63) is 23.8 Å². The van der Waals surface area contributed by atoms with E-state index in [0.29, 0.717) is 11.8 Å². The van der Waals surface area contributed by atoms with Crippen LogP contribution in [0.25, 0.3) is 0 Å². The number of hydrogen-bond acceptors (Lipinski definition) is 1. The molecule has 0 bridgehead atoms. The molecule has 1 aliphatic rings. The lowest BCUT2D eigenvalue weighted by Gasteiger charge is -2.36. The maximum atomic E-state index is 6.89. The van der Waals surface area contributed by atoms with Gasteiger partial charge in [-0.15, -0.1) is 0 Å². The molecule has 146 valence electrons. The van der Waals surface area contributed by atoms with Gasteiger partial charge in [0, 0.05) is 6.04 Å². The first-order valence-electron chi connectivity index (χ1n) is 11.3. The minimum Gasteiger partial charge on any atom is -0.324 e. The van der Waals surface area contributed by atoms with E-state index in [2.05, 4.69) is 45.9 Å². The highest BCUT2D eigenvalue weighted by molar-refractivity contribution is 5.28. The Morgan fingerprint density at radius 2 is 1.28 bits per heavy atom. The lowest BCUT2D eigenvalue weighted by Crippen LogP contribution is -2.39. The highest BCUT2D eigenvalue weighted by Crippen LogP contribution is 2.37. The zero-order chi connectivity index (χ0) is 18.5. The second-order valence-electron chi connectivity index (χ2n) is 8.18. The van der Waals surface area contributed by atoms with Crippen molar-refractivity contribution in [3.63, 3.8) is 0 Å². The standard InChI is InChI=1S/C24H45N/c1-5-9-14-20(15-10-6-2)22-18-13-19-23(24(22)25)21(16-11-7-3)17-12-8-4/h13,18-22,24H,5-12,14-17,25H2,1-4H3. The Balaban J connectivity index is 2.84. The summed E-state index contributed by atoms with van der Waals surface area (Å²) >= 11 is 0. The fourth-order valence-corrected chi connectivity index (χ4v) is 4.45. The first-order valence-corrected chi connectivity index (χ1v) is 11.3. The maximum Gasteiger partial charge on any atom is 0.0326 e. The second kappa shape index (κ2) is 13.6. The van der Waals surface area contributed by atoms with Crippen molar-refractivity contribution in [2.75, 3.05) is 0 Å². The van der Waals surface area contributed by atoms with Crippen LogP contribution in [0.5, 0.6) is 0 Å². The van der Waals surface area contributed by atoms with Gasteiger partial charge < -0.3 is 5.73 Å². The predicted octanol–water partition coefficient (Wildman–Crippen LogP) is 7.42. The fraction of sp³-hybridized carbons (Fsp3) is 0.833. The van der Waals surface area contributed by atoms with Crippen molar-refractivity contribution in [2.45, 2.75) is 111 Å². The molecule has 0 amide bonds. The van der Waals surface area contributed by atoms with Crippen LogP contribution in [0.2, 0.25) is 0 Å². The third-order valence-corrected chi connectivity index (χ3v) is 6.11. The van der Waals surface area contributed by atoms with Gasteiger partial charge >= 0.3 is 0 Å². The van der Waals surface area contributed by atoms with E-state index in [1.165, 1.54) is 77.0 Å². The molecule has 25 heavy (non-hydrogen) atoms. The van der Waals surface area contributed by atoms with E-state index < -0.39 is 0 Å². The van der Waals surface area contributed by atoms with Gasteiger partial charge in [-0.25, -0.2) is 0 Å². The predicted molar refractivity (Wildman–Crippen MR) is 114 cm³/mol. The average molecular weight is 348 g/mol. The van der Waals surface area contributed by atoms with Crippen molar-refractivity contribution in [2.24, 2.45) is 23.5 Å². The maximum absolute atomic E-state index is 6.89.